The Bertz CT molecular complexity index is 2590. The first-order valence-electron chi connectivity index (χ1n) is 15.5. The first kappa shape index (κ1) is 26.2. The molecule has 0 bridgehead atoms. The molecule has 2 aromatic heterocycles. The smallest absolute Gasteiger partial charge is 0.161 e. The maximum Gasteiger partial charge on any atom is 0.161 e. The Morgan fingerprint density at radius 1 is 0.370 bits per heavy atom. The highest BCUT2D eigenvalue weighted by Crippen LogP contribution is 2.39. The number of benzene rings is 7. The molecule has 0 N–H and O–H groups in total. The monoisotopic (exact) mass is 585 g/mol. The molecule has 0 fully saturated rings. The van der Waals surface area contributed by atoms with Crippen LogP contribution in [-0.4, -0.2) is 15.0 Å². The minimum absolute atomic E-state index is 0.727. The summed E-state index contributed by atoms with van der Waals surface area (Å²) in [6, 6.07) is 55.5. The molecule has 0 spiro atoms. The zero-order chi connectivity index (χ0) is 30.5. The van der Waals surface area contributed by atoms with Crippen molar-refractivity contribution in [2.45, 2.75) is 0 Å². The van der Waals surface area contributed by atoms with Crippen molar-refractivity contribution in [3.8, 4) is 44.9 Å². The Balaban J connectivity index is 1.22. The number of hydrogen-bond donors (Lipinski definition) is 0. The number of fused-ring (bicyclic) bond motifs is 5. The number of nitrogens with zero attached hydrogens (tertiary/aromatic N) is 3. The van der Waals surface area contributed by atoms with Gasteiger partial charge >= 0.3 is 0 Å². The summed E-state index contributed by atoms with van der Waals surface area (Å²) in [6.07, 6.45) is 1.87. The van der Waals surface area contributed by atoms with E-state index in [0.717, 1.165) is 49.8 Å². The van der Waals surface area contributed by atoms with Crippen molar-refractivity contribution in [1.29, 1.82) is 0 Å². The Kier molecular flexibility index (Phi) is 6.14. The largest absolute Gasteiger partial charge is 0.256 e. The summed E-state index contributed by atoms with van der Waals surface area (Å²) in [6.45, 7) is 0. The van der Waals surface area contributed by atoms with Gasteiger partial charge in [0.2, 0.25) is 0 Å². The number of pyridine rings is 1. The predicted octanol–water partition coefficient (Wildman–Crippen LogP) is 11.2. The van der Waals surface area contributed by atoms with Crippen LogP contribution in [0.4, 0.5) is 0 Å². The fourth-order valence-corrected chi connectivity index (χ4v) is 6.77. The van der Waals surface area contributed by atoms with Crippen LogP contribution in [-0.2, 0) is 0 Å². The van der Waals surface area contributed by atoms with Crippen molar-refractivity contribution >= 4 is 43.4 Å². The summed E-state index contributed by atoms with van der Waals surface area (Å²) >= 11 is 0. The number of rotatable bonds is 4. The van der Waals surface area contributed by atoms with E-state index in [-0.39, 0.29) is 0 Å². The van der Waals surface area contributed by atoms with Gasteiger partial charge in [0.25, 0.3) is 0 Å². The summed E-state index contributed by atoms with van der Waals surface area (Å²) in [5.41, 5.74) is 9.74. The summed E-state index contributed by atoms with van der Waals surface area (Å²) in [5, 5.41) is 6.85. The van der Waals surface area contributed by atoms with Gasteiger partial charge in [-0.3, -0.25) is 4.98 Å². The van der Waals surface area contributed by atoms with Gasteiger partial charge in [0, 0.05) is 33.5 Å². The molecule has 7 aromatic carbocycles. The second kappa shape index (κ2) is 10.8. The van der Waals surface area contributed by atoms with Crippen molar-refractivity contribution < 1.29 is 0 Å². The van der Waals surface area contributed by atoms with Gasteiger partial charge in [-0.15, -0.1) is 0 Å². The molecule has 0 aliphatic heterocycles. The predicted molar refractivity (Wildman–Crippen MR) is 192 cm³/mol. The molecule has 0 saturated heterocycles. The summed E-state index contributed by atoms with van der Waals surface area (Å²) in [5.74, 6) is 0.727. The van der Waals surface area contributed by atoms with Crippen LogP contribution < -0.4 is 0 Å². The normalized spacial score (nSPS) is 11.5. The van der Waals surface area contributed by atoms with Crippen LogP contribution in [0.25, 0.3) is 88.2 Å². The standard InChI is InChI=1S/C43H27N3/c1-2-12-28(13-3-1)42-38-21-8-9-22-40(38)45-43(46-42)37-24-23-32(33-17-4-5-18-34(33)37)29-14-10-15-30(26-29)39-27-31-16-11-25-44-41(31)36-20-7-6-19-35(36)39/h1-27H. The number of hydrogen-bond acceptors (Lipinski definition) is 3. The van der Waals surface area contributed by atoms with Gasteiger partial charge in [0.05, 0.1) is 16.7 Å². The van der Waals surface area contributed by atoms with Gasteiger partial charge in [-0.25, -0.2) is 9.97 Å². The van der Waals surface area contributed by atoms with E-state index in [2.05, 4.69) is 133 Å². The van der Waals surface area contributed by atoms with Gasteiger partial charge in [-0.05, 0) is 68.7 Å². The molecule has 214 valence electrons. The number of para-hydroxylation sites is 1. The zero-order valence-corrected chi connectivity index (χ0v) is 24.9. The maximum atomic E-state index is 5.19. The topological polar surface area (TPSA) is 38.7 Å². The summed E-state index contributed by atoms with van der Waals surface area (Å²) < 4.78 is 0. The Hall–Kier alpha value is -6.19. The molecule has 0 aliphatic carbocycles. The summed E-state index contributed by atoms with van der Waals surface area (Å²) in [7, 11) is 0. The molecule has 0 radical (unpaired) electrons. The van der Waals surface area contributed by atoms with Crippen LogP contribution in [0.5, 0.6) is 0 Å². The highest BCUT2D eigenvalue weighted by Gasteiger charge is 2.16. The molecule has 0 unspecified atom stereocenters. The lowest BCUT2D eigenvalue weighted by Gasteiger charge is -2.15. The lowest BCUT2D eigenvalue weighted by Crippen LogP contribution is -1.96. The first-order chi connectivity index (χ1) is 22.8. The van der Waals surface area contributed by atoms with Crippen LogP contribution in [0.15, 0.2) is 164 Å². The zero-order valence-electron chi connectivity index (χ0n) is 24.9. The van der Waals surface area contributed by atoms with Crippen molar-refractivity contribution in [2.75, 3.05) is 0 Å². The van der Waals surface area contributed by atoms with E-state index in [4.69, 9.17) is 15.0 Å². The molecule has 0 amide bonds. The van der Waals surface area contributed by atoms with Gasteiger partial charge in [-0.1, -0.05) is 127 Å². The average Bonchev–Trinajstić information content (AvgIpc) is 3.14. The van der Waals surface area contributed by atoms with Crippen LogP contribution >= 0.6 is 0 Å². The second-order valence-electron chi connectivity index (χ2n) is 11.6. The number of aromatic nitrogens is 3. The van der Waals surface area contributed by atoms with Gasteiger partial charge in [0.1, 0.15) is 0 Å². The fourth-order valence-electron chi connectivity index (χ4n) is 6.77. The molecule has 9 rings (SSSR count). The quantitative estimate of drug-likeness (QED) is 0.193. The molecular formula is C43H27N3. The van der Waals surface area contributed by atoms with Crippen LogP contribution in [0.1, 0.15) is 0 Å². The molecule has 0 saturated carbocycles. The molecule has 9 aromatic rings. The fraction of sp³-hybridized carbons (Fsp3) is 0. The Labute approximate surface area is 266 Å². The maximum absolute atomic E-state index is 5.19. The first-order valence-corrected chi connectivity index (χ1v) is 15.5. The second-order valence-corrected chi connectivity index (χ2v) is 11.6. The van der Waals surface area contributed by atoms with Crippen molar-refractivity contribution in [2.24, 2.45) is 0 Å². The van der Waals surface area contributed by atoms with E-state index >= 15 is 0 Å². The lowest BCUT2D eigenvalue weighted by molar-refractivity contribution is 1.23. The van der Waals surface area contributed by atoms with E-state index in [0.29, 0.717) is 0 Å². The van der Waals surface area contributed by atoms with Crippen LogP contribution in [0.2, 0.25) is 0 Å². The SMILES string of the molecule is c1ccc(-c2nc(-c3ccc(-c4cccc(-c5cc6cccnc6c6ccccc56)c4)c4ccccc34)nc3ccccc23)cc1. The van der Waals surface area contributed by atoms with Crippen molar-refractivity contribution in [1.82, 2.24) is 15.0 Å². The third-order valence-electron chi connectivity index (χ3n) is 8.91. The van der Waals surface area contributed by atoms with Crippen molar-refractivity contribution in [3.63, 3.8) is 0 Å². The minimum atomic E-state index is 0.727. The molecule has 3 nitrogen and oxygen atoms in total. The minimum Gasteiger partial charge on any atom is -0.256 e. The van der Waals surface area contributed by atoms with Gasteiger partial charge in [0.15, 0.2) is 5.82 Å². The molecule has 0 aliphatic rings. The Morgan fingerprint density at radius 3 is 1.78 bits per heavy atom. The highest BCUT2D eigenvalue weighted by molar-refractivity contribution is 6.12. The molecule has 3 heteroatoms. The van der Waals surface area contributed by atoms with Crippen LogP contribution in [0.3, 0.4) is 0 Å². The molecule has 46 heavy (non-hydrogen) atoms. The summed E-state index contributed by atoms with van der Waals surface area (Å²) in [4.78, 5) is 15.0. The third kappa shape index (κ3) is 4.33. The average molecular weight is 586 g/mol. The highest BCUT2D eigenvalue weighted by atomic mass is 14.9. The van der Waals surface area contributed by atoms with E-state index in [1.165, 1.54) is 38.4 Å². The molecular weight excluding hydrogens is 558 g/mol. The van der Waals surface area contributed by atoms with E-state index in [1.807, 2.05) is 30.5 Å². The molecule has 0 atom stereocenters. The van der Waals surface area contributed by atoms with E-state index in [1.54, 1.807) is 0 Å². The van der Waals surface area contributed by atoms with Crippen LogP contribution in [0, 0.1) is 0 Å². The third-order valence-corrected chi connectivity index (χ3v) is 8.91. The molecule has 2 heterocycles. The lowest BCUT2D eigenvalue weighted by atomic mass is 9.91. The van der Waals surface area contributed by atoms with E-state index < -0.39 is 0 Å². The van der Waals surface area contributed by atoms with E-state index in [9.17, 15) is 0 Å². The van der Waals surface area contributed by atoms with Gasteiger partial charge < -0.3 is 0 Å². The van der Waals surface area contributed by atoms with Crippen molar-refractivity contribution in [3.05, 3.63) is 164 Å². The Morgan fingerprint density at radius 2 is 0.978 bits per heavy atom. The van der Waals surface area contributed by atoms with Gasteiger partial charge in [-0.2, -0.15) is 0 Å².